The maximum atomic E-state index is 7.43. The fourth-order valence-corrected chi connectivity index (χ4v) is 1.57. The Balaban J connectivity index is 2.13. The van der Waals surface area contributed by atoms with E-state index in [1.54, 1.807) is 0 Å². The Labute approximate surface area is 109 Å². The minimum absolute atomic E-state index is 0.187. The molecule has 1 aromatic carbocycles. The topological polar surface area (TPSA) is 71.8 Å². The molecule has 1 rings (SSSR count). The molecule has 4 nitrogen and oxygen atoms in total. The summed E-state index contributed by atoms with van der Waals surface area (Å²) in [4.78, 5) is 0. The third kappa shape index (κ3) is 5.69. The molecule has 0 unspecified atom stereocenters. The van der Waals surface area contributed by atoms with Crippen LogP contribution in [0.4, 0.5) is 0 Å². The number of hydrogen-bond acceptors (Lipinski definition) is 2. The van der Waals surface area contributed by atoms with Crippen LogP contribution in [0.5, 0.6) is 0 Å². The zero-order valence-electron chi connectivity index (χ0n) is 8.89. The molecule has 0 atom stereocenters. The van der Waals surface area contributed by atoms with Crippen molar-refractivity contribution in [2.45, 2.75) is 12.8 Å². The SMILES string of the molecule is N=C(I)NC(=N)NCCCc1ccccc1. The van der Waals surface area contributed by atoms with Crippen molar-refractivity contribution in [3.63, 3.8) is 0 Å². The maximum absolute atomic E-state index is 7.43. The molecular weight excluding hydrogens is 315 g/mol. The fraction of sp³-hybridized carbons (Fsp3) is 0.273. The first-order chi connectivity index (χ1) is 7.68. The normalized spacial score (nSPS) is 9.56. The molecule has 0 aliphatic rings. The van der Waals surface area contributed by atoms with Gasteiger partial charge in [-0.1, -0.05) is 30.3 Å². The number of nitrogens with one attached hydrogen (secondary N) is 4. The number of halogens is 1. The summed E-state index contributed by atoms with van der Waals surface area (Å²) in [5, 5.41) is 20.1. The van der Waals surface area contributed by atoms with Crippen LogP contribution >= 0.6 is 22.6 Å². The predicted molar refractivity (Wildman–Crippen MR) is 75.4 cm³/mol. The lowest BCUT2D eigenvalue weighted by Gasteiger charge is -2.08. The summed E-state index contributed by atoms with van der Waals surface area (Å²) in [6.45, 7) is 0.741. The molecule has 0 fully saturated rings. The van der Waals surface area contributed by atoms with E-state index >= 15 is 0 Å². The summed E-state index contributed by atoms with van der Waals surface area (Å²) < 4.78 is 0.248. The van der Waals surface area contributed by atoms with Gasteiger partial charge in [0.05, 0.1) is 0 Å². The van der Waals surface area contributed by atoms with Gasteiger partial charge < -0.3 is 10.6 Å². The molecule has 0 amide bonds. The highest BCUT2D eigenvalue weighted by atomic mass is 127. The highest BCUT2D eigenvalue weighted by Crippen LogP contribution is 2.01. The van der Waals surface area contributed by atoms with Crippen LogP contribution in [-0.4, -0.2) is 16.3 Å². The van der Waals surface area contributed by atoms with Crippen LogP contribution in [-0.2, 0) is 6.42 Å². The quantitative estimate of drug-likeness (QED) is 0.224. The predicted octanol–water partition coefficient (Wildman–Crippen LogP) is 2.10. The molecule has 1 aromatic rings. The summed E-state index contributed by atoms with van der Waals surface area (Å²) in [6.07, 6.45) is 1.98. The second-order valence-electron chi connectivity index (χ2n) is 3.33. The van der Waals surface area contributed by atoms with Gasteiger partial charge in [-0.05, 0) is 41.0 Å². The Morgan fingerprint density at radius 1 is 1.19 bits per heavy atom. The molecule has 0 aliphatic carbocycles. The molecule has 0 radical (unpaired) electrons. The molecular formula is C11H15IN4. The standard InChI is InChI=1S/C11H15IN4/c12-10(13)16-11(14)15-8-4-7-9-5-2-1-3-6-9/h1-3,5-6H,4,7-8H2,(H4,13,14,15,16). The van der Waals surface area contributed by atoms with Gasteiger partial charge in [0, 0.05) is 6.54 Å². The third-order valence-corrected chi connectivity index (χ3v) is 2.29. The summed E-state index contributed by atoms with van der Waals surface area (Å²) >= 11 is 1.82. The first kappa shape index (κ1) is 13.0. The van der Waals surface area contributed by atoms with E-state index in [1.807, 2.05) is 40.8 Å². The van der Waals surface area contributed by atoms with Crippen molar-refractivity contribution < 1.29 is 0 Å². The Morgan fingerprint density at radius 2 is 1.88 bits per heavy atom. The van der Waals surface area contributed by atoms with Gasteiger partial charge in [0.15, 0.2) is 9.80 Å². The zero-order chi connectivity index (χ0) is 11.8. The van der Waals surface area contributed by atoms with Crippen molar-refractivity contribution in [2.75, 3.05) is 6.54 Å². The van der Waals surface area contributed by atoms with E-state index in [2.05, 4.69) is 22.8 Å². The third-order valence-electron chi connectivity index (χ3n) is 2.02. The van der Waals surface area contributed by atoms with Crippen LogP contribution in [0, 0.1) is 10.8 Å². The van der Waals surface area contributed by atoms with Crippen LogP contribution < -0.4 is 10.6 Å². The number of rotatable bonds is 4. The molecule has 0 heterocycles. The lowest BCUT2D eigenvalue weighted by atomic mass is 10.1. The van der Waals surface area contributed by atoms with Crippen LogP contribution in [0.3, 0.4) is 0 Å². The second-order valence-corrected chi connectivity index (χ2v) is 4.41. The van der Waals surface area contributed by atoms with Gasteiger partial charge in [-0.15, -0.1) is 0 Å². The summed E-state index contributed by atoms with van der Waals surface area (Å²) in [6, 6.07) is 10.3. The van der Waals surface area contributed by atoms with Crippen LogP contribution in [0.15, 0.2) is 30.3 Å². The van der Waals surface area contributed by atoms with E-state index in [-0.39, 0.29) is 9.80 Å². The second kappa shape index (κ2) is 7.21. The van der Waals surface area contributed by atoms with Crippen molar-refractivity contribution >= 4 is 32.4 Å². The molecule has 86 valence electrons. The van der Waals surface area contributed by atoms with Gasteiger partial charge >= 0.3 is 0 Å². The van der Waals surface area contributed by atoms with Crippen molar-refractivity contribution in [1.82, 2.24) is 10.6 Å². The molecule has 0 aromatic heterocycles. The molecule has 0 bridgehead atoms. The van der Waals surface area contributed by atoms with Gasteiger partial charge in [0.25, 0.3) is 0 Å². The molecule has 16 heavy (non-hydrogen) atoms. The molecule has 4 N–H and O–H groups in total. The van der Waals surface area contributed by atoms with Crippen LogP contribution in [0.1, 0.15) is 12.0 Å². The lowest BCUT2D eigenvalue weighted by molar-refractivity contribution is 0.762. The van der Waals surface area contributed by atoms with Crippen molar-refractivity contribution in [3.8, 4) is 0 Å². The highest BCUT2D eigenvalue weighted by molar-refractivity contribution is 14.1. The Morgan fingerprint density at radius 3 is 2.50 bits per heavy atom. The smallest absolute Gasteiger partial charge is 0.194 e. The zero-order valence-corrected chi connectivity index (χ0v) is 11.0. The first-order valence-electron chi connectivity index (χ1n) is 5.06. The number of aryl methyl sites for hydroxylation is 1. The van der Waals surface area contributed by atoms with Crippen molar-refractivity contribution in [2.24, 2.45) is 0 Å². The molecule has 0 saturated carbocycles. The van der Waals surface area contributed by atoms with Gasteiger partial charge in [-0.2, -0.15) is 0 Å². The van der Waals surface area contributed by atoms with E-state index in [0.717, 1.165) is 19.4 Å². The number of amidine groups is 1. The lowest BCUT2D eigenvalue weighted by Crippen LogP contribution is -2.38. The minimum atomic E-state index is 0.187. The monoisotopic (exact) mass is 330 g/mol. The van der Waals surface area contributed by atoms with E-state index in [0.29, 0.717) is 0 Å². The molecule has 0 aliphatic heterocycles. The fourth-order valence-electron chi connectivity index (χ4n) is 1.30. The number of hydrogen-bond donors (Lipinski definition) is 4. The van der Waals surface area contributed by atoms with E-state index in [1.165, 1.54) is 5.56 Å². The van der Waals surface area contributed by atoms with E-state index in [9.17, 15) is 0 Å². The maximum Gasteiger partial charge on any atom is 0.194 e. The van der Waals surface area contributed by atoms with Crippen LogP contribution in [0.25, 0.3) is 0 Å². The van der Waals surface area contributed by atoms with Gasteiger partial charge in [-0.25, -0.2) is 0 Å². The number of benzene rings is 1. The summed E-state index contributed by atoms with van der Waals surface area (Å²) in [5.41, 5.74) is 1.31. The van der Waals surface area contributed by atoms with Crippen molar-refractivity contribution in [3.05, 3.63) is 35.9 Å². The number of guanidine groups is 1. The molecule has 5 heteroatoms. The molecule has 0 spiro atoms. The van der Waals surface area contributed by atoms with Gasteiger partial charge in [0.2, 0.25) is 0 Å². The van der Waals surface area contributed by atoms with Crippen molar-refractivity contribution in [1.29, 1.82) is 10.8 Å². The largest absolute Gasteiger partial charge is 0.356 e. The van der Waals surface area contributed by atoms with E-state index in [4.69, 9.17) is 10.8 Å². The summed E-state index contributed by atoms with van der Waals surface area (Å²) in [7, 11) is 0. The van der Waals surface area contributed by atoms with Gasteiger partial charge in [-0.3, -0.25) is 10.8 Å². The van der Waals surface area contributed by atoms with E-state index < -0.39 is 0 Å². The average Bonchev–Trinajstić information content (AvgIpc) is 2.25. The highest BCUT2D eigenvalue weighted by Gasteiger charge is 1.96. The van der Waals surface area contributed by atoms with Gasteiger partial charge in [0.1, 0.15) is 0 Å². The Bertz CT molecular complexity index is 350. The average molecular weight is 330 g/mol. The Hall–Kier alpha value is -1.11. The Kier molecular flexibility index (Phi) is 5.84. The van der Waals surface area contributed by atoms with Crippen LogP contribution in [0.2, 0.25) is 0 Å². The molecule has 0 saturated heterocycles. The minimum Gasteiger partial charge on any atom is -0.356 e. The summed E-state index contributed by atoms with van der Waals surface area (Å²) in [5.74, 6) is 0.187. The first-order valence-corrected chi connectivity index (χ1v) is 6.14.